The van der Waals surface area contributed by atoms with E-state index in [1.807, 2.05) is 12.1 Å². The molecule has 0 saturated carbocycles. The number of hydrogen-bond donors (Lipinski definition) is 3. The van der Waals surface area contributed by atoms with Gasteiger partial charge in [0.2, 0.25) is 11.8 Å². The molecule has 1 rings (SSSR count). The summed E-state index contributed by atoms with van der Waals surface area (Å²) in [4.78, 5) is 33.3. The van der Waals surface area contributed by atoms with E-state index in [-0.39, 0.29) is 12.8 Å². The summed E-state index contributed by atoms with van der Waals surface area (Å²) >= 11 is 3.30. The number of hydrogen-bond acceptors (Lipinski definition) is 3. The summed E-state index contributed by atoms with van der Waals surface area (Å²) in [5.41, 5.74) is 5.76. The fraction of sp³-hybridized carbons (Fsp3) is 0.214. The smallest absolute Gasteiger partial charge is 0.326 e. The summed E-state index contributed by atoms with van der Waals surface area (Å²) in [6, 6.07) is 6.11. The van der Waals surface area contributed by atoms with Crippen LogP contribution in [0, 0.1) is 0 Å². The van der Waals surface area contributed by atoms with Crippen LogP contribution in [-0.4, -0.2) is 28.9 Å². The van der Waals surface area contributed by atoms with Gasteiger partial charge in [0, 0.05) is 17.0 Å². The maximum atomic E-state index is 11.7. The highest BCUT2D eigenvalue weighted by atomic mass is 79.9. The summed E-state index contributed by atoms with van der Waals surface area (Å²) in [5, 5.41) is 11.3. The maximum Gasteiger partial charge on any atom is 0.326 e. The minimum absolute atomic E-state index is 0.0392. The number of rotatable bonds is 7. The Morgan fingerprint density at radius 1 is 1.29 bits per heavy atom. The number of carbonyl (C=O) groups is 3. The van der Waals surface area contributed by atoms with Crippen LogP contribution in [0.15, 0.2) is 34.8 Å². The fourth-order valence-electron chi connectivity index (χ4n) is 1.51. The average molecular weight is 355 g/mol. The molecule has 2 amide bonds. The lowest BCUT2D eigenvalue weighted by Gasteiger charge is -2.11. The van der Waals surface area contributed by atoms with Gasteiger partial charge in [-0.1, -0.05) is 28.1 Å². The monoisotopic (exact) mass is 354 g/mol. The van der Waals surface area contributed by atoms with Crippen molar-refractivity contribution in [1.82, 2.24) is 5.32 Å². The molecule has 0 aromatic heterocycles. The van der Waals surface area contributed by atoms with Gasteiger partial charge in [0.1, 0.15) is 6.04 Å². The molecule has 1 aromatic rings. The number of halogens is 1. The number of aliphatic carboxylic acids is 1. The summed E-state index contributed by atoms with van der Waals surface area (Å²) in [6.45, 7) is 0. The van der Waals surface area contributed by atoms with Crippen molar-refractivity contribution in [3.05, 3.63) is 40.4 Å². The molecule has 0 unspecified atom stereocenters. The van der Waals surface area contributed by atoms with Gasteiger partial charge in [-0.3, -0.25) is 9.59 Å². The Balaban J connectivity index is 2.59. The van der Waals surface area contributed by atoms with E-state index in [2.05, 4.69) is 21.2 Å². The highest BCUT2D eigenvalue weighted by Gasteiger charge is 2.19. The normalized spacial score (nSPS) is 12.0. The van der Waals surface area contributed by atoms with Crippen LogP contribution in [0.1, 0.15) is 18.4 Å². The third-order valence-corrected chi connectivity index (χ3v) is 3.12. The number of amides is 2. The van der Waals surface area contributed by atoms with Gasteiger partial charge in [0.15, 0.2) is 0 Å². The first-order valence-corrected chi connectivity index (χ1v) is 6.93. The van der Waals surface area contributed by atoms with E-state index < -0.39 is 23.8 Å². The van der Waals surface area contributed by atoms with E-state index in [4.69, 9.17) is 10.8 Å². The summed E-state index contributed by atoms with van der Waals surface area (Å²) < 4.78 is 0.918. The lowest BCUT2D eigenvalue weighted by molar-refractivity contribution is -0.141. The van der Waals surface area contributed by atoms with Crippen LogP contribution in [0.2, 0.25) is 0 Å². The van der Waals surface area contributed by atoms with E-state index >= 15 is 0 Å². The Morgan fingerprint density at radius 2 is 1.90 bits per heavy atom. The molecule has 0 saturated heterocycles. The third kappa shape index (κ3) is 6.71. The molecule has 4 N–H and O–H groups in total. The number of nitrogens with two attached hydrogens (primary N) is 1. The van der Waals surface area contributed by atoms with Crippen LogP contribution in [-0.2, 0) is 14.4 Å². The number of carboxylic acid groups (broad SMARTS) is 1. The summed E-state index contributed by atoms with van der Waals surface area (Å²) in [5.74, 6) is -2.36. The van der Waals surface area contributed by atoms with Crippen molar-refractivity contribution < 1.29 is 19.5 Å². The zero-order chi connectivity index (χ0) is 15.8. The molecule has 1 aromatic carbocycles. The third-order valence-electron chi connectivity index (χ3n) is 2.59. The van der Waals surface area contributed by atoms with Gasteiger partial charge in [-0.05, 0) is 30.2 Å². The Bertz CT molecular complexity index is 555. The predicted molar refractivity (Wildman–Crippen MR) is 81.2 cm³/mol. The molecule has 0 bridgehead atoms. The maximum absolute atomic E-state index is 11.7. The molecule has 0 fully saturated rings. The lowest BCUT2D eigenvalue weighted by atomic mass is 10.1. The number of carbonyl (C=O) groups excluding carboxylic acids is 2. The quantitative estimate of drug-likeness (QED) is 0.641. The molecule has 0 aliphatic rings. The fourth-order valence-corrected chi connectivity index (χ4v) is 1.77. The Kier molecular flexibility index (Phi) is 6.61. The first kappa shape index (κ1) is 16.9. The molecule has 0 aliphatic heterocycles. The van der Waals surface area contributed by atoms with Crippen LogP contribution in [0.5, 0.6) is 0 Å². The molecule has 1 atom stereocenters. The number of nitrogens with one attached hydrogen (secondary N) is 1. The Labute approximate surface area is 130 Å². The van der Waals surface area contributed by atoms with Gasteiger partial charge in [-0.15, -0.1) is 0 Å². The number of primary amides is 1. The Hall–Kier alpha value is -2.15. The van der Waals surface area contributed by atoms with E-state index in [0.29, 0.717) is 0 Å². The second-order valence-corrected chi connectivity index (χ2v) is 5.20. The Morgan fingerprint density at radius 3 is 2.43 bits per heavy atom. The summed E-state index contributed by atoms with van der Waals surface area (Å²) in [6.07, 6.45) is 2.66. The first-order valence-electron chi connectivity index (χ1n) is 6.13. The van der Waals surface area contributed by atoms with Crippen molar-refractivity contribution in [3.63, 3.8) is 0 Å². The predicted octanol–water partition coefficient (Wildman–Crippen LogP) is 1.30. The summed E-state index contributed by atoms with van der Waals surface area (Å²) in [7, 11) is 0. The molecule has 6 nitrogen and oxygen atoms in total. The minimum atomic E-state index is -1.21. The second-order valence-electron chi connectivity index (χ2n) is 4.29. The molecular formula is C14H15BrN2O4. The van der Waals surface area contributed by atoms with Crippen molar-refractivity contribution in [2.45, 2.75) is 18.9 Å². The second kappa shape index (κ2) is 8.21. The van der Waals surface area contributed by atoms with Crippen LogP contribution in [0.3, 0.4) is 0 Å². The highest BCUT2D eigenvalue weighted by molar-refractivity contribution is 9.10. The van der Waals surface area contributed by atoms with E-state index in [1.54, 1.807) is 18.2 Å². The van der Waals surface area contributed by atoms with Gasteiger partial charge in [-0.25, -0.2) is 4.79 Å². The largest absolute Gasteiger partial charge is 0.480 e. The molecule has 112 valence electrons. The van der Waals surface area contributed by atoms with Gasteiger partial charge in [0.05, 0.1) is 0 Å². The SMILES string of the molecule is NC(=O)CC[C@@H](NC(=O)/C=C/c1ccc(Br)cc1)C(=O)O. The van der Waals surface area contributed by atoms with E-state index in [1.165, 1.54) is 6.08 Å². The molecular weight excluding hydrogens is 340 g/mol. The van der Waals surface area contributed by atoms with Gasteiger partial charge in [-0.2, -0.15) is 0 Å². The molecule has 0 spiro atoms. The molecule has 0 aliphatic carbocycles. The van der Waals surface area contributed by atoms with E-state index in [0.717, 1.165) is 10.0 Å². The van der Waals surface area contributed by atoms with Crippen molar-refractivity contribution in [3.8, 4) is 0 Å². The molecule has 0 radical (unpaired) electrons. The molecule has 7 heteroatoms. The van der Waals surface area contributed by atoms with Crippen molar-refractivity contribution in [2.75, 3.05) is 0 Å². The zero-order valence-corrected chi connectivity index (χ0v) is 12.7. The van der Waals surface area contributed by atoms with Crippen LogP contribution < -0.4 is 11.1 Å². The molecule has 0 heterocycles. The lowest BCUT2D eigenvalue weighted by Crippen LogP contribution is -2.40. The van der Waals surface area contributed by atoms with Crippen LogP contribution in [0.4, 0.5) is 0 Å². The first-order chi connectivity index (χ1) is 9.88. The standard InChI is InChI=1S/C14H15BrN2O4/c15-10-4-1-9(2-5-10)3-8-13(19)17-11(14(20)21)6-7-12(16)18/h1-5,8,11H,6-7H2,(H2,16,18)(H,17,19)(H,20,21)/b8-3+/t11-/m1/s1. The minimum Gasteiger partial charge on any atom is -0.480 e. The number of carboxylic acids is 1. The van der Waals surface area contributed by atoms with E-state index in [9.17, 15) is 14.4 Å². The zero-order valence-electron chi connectivity index (χ0n) is 11.1. The van der Waals surface area contributed by atoms with Crippen molar-refractivity contribution in [2.24, 2.45) is 5.73 Å². The number of benzene rings is 1. The topological polar surface area (TPSA) is 109 Å². The molecule has 21 heavy (non-hydrogen) atoms. The highest BCUT2D eigenvalue weighted by Crippen LogP contribution is 2.11. The average Bonchev–Trinajstić information content (AvgIpc) is 2.42. The van der Waals surface area contributed by atoms with Gasteiger partial charge in [0.25, 0.3) is 0 Å². The van der Waals surface area contributed by atoms with Gasteiger partial charge < -0.3 is 16.2 Å². The van der Waals surface area contributed by atoms with Crippen molar-refractivity contribution >= 4 is 39.8 Å². The van der Waals surface area contributed by atoms with Crippen LogP contribution >= 0.6 is 15.9 Å². The van der Waals surface area contributed by atoms with Crippen LogP contribution in [0.25, 0.3) is 6.08 Å². The van der Waals surface area contributed by atoms with Crippen molar-refractivity contribution in [1.29, 1.82) is 0 Å². The van der Waals surface area contributed by atoms with Gasteiger partial charge >= 0.3 is 5.97 Å².